The van der Waals surface area contributed by atoms with Gasteiger partial charge in [0.15, 0.2) is 5.78 Å². The summed E-state index contributed by atoms with van der Waals surface area (Å²) in [7, 11) is 0. The number of halogens is 1. The SMILES string of the molecule is Cc1ccc(C(=O)/C=C/Nc2ccccc2Cl)cc1. The summed E-state index contributed by atoms with van der Waals surface area (Å²) in [6.07, 6.45) is 3.09. The molecule has 0 amide bonds. The summed E-state index contributed by atoms with van der Waals surface area (Å²) in [6.45, 7) is 1.99. The van der Waals surface area contributed by atoms with Crippen LogP contribution in [0.15, 0.2) is 60.8 Å². The third-order valence-electron chi connectivity index (χ3n) is 2.68. The minimum absolute atomic E-state index is 0.0421. The van der Waals surface area contributed by atoms with Gasteiger partial charge in [-0.3, -0.25) is 4.79 Å². The van der Waals surface area contributed by atoms with Crippen LogP contribution in [0.2, 0.25) is 5.02 Å². The van der Waals surface area contributed by atoms with E-state index in [0.29, 0.717) is 10.6 Å². The number of aryl methyl sites for hydroxylation is 1. The van der Waals surface area contributed by atoms with E-state index in [0.717, 1.165) is 11.3 Å². The van der Waals surface area contributed by atoms with Crippen LogP contribution in [-0.4, -0.2) is 5.78 Å². The van der Waals surface area contributed by atoms with Gasteiger partial charge in [0, 0.05) is 17.8 Å². The van der Waals surface area contributed by atoms with E-state index in [-0.39, 0.29) is 5.78 Å². The van der Waals surface area contributed by atoms with Gasteiger partial charge in [0.1, 0.15) is 0 Å². The van der Waals surface area contributed by atoms with Crippen molar-refractivity contribution in [1.82, 2.24) is 0 Å². The first-order valence-corrected chi connectivity index (χ1v) is 6.33. The van der Waals surface area contributed by atoms with Crippen molar-refractivity contribution in [3.63, 3.8) is 0 Å². The van der Waals surface area contributed by atoms with Crippen LogP contribution < -0.4 is 5.32 Å². The maximum atomic E-state index is 11.9. The maximum absolute atomic E-state index is 11.9. The molecule has 0 spiro atoms. The second-order valence-corrected chi connectivity index (χ2v) is 4.59. The lowest BCUT2D eigenvalue weighted by Gasteiger charge is -2.02. The molecule has 0 atom stereocenters. The molecular weight excluding hydrogens is 258 g/mol. The van der Waals surface area contributed by atoms with Crippen LogP contribution in [0.4, 0.5) is 5.69 Å². The van der Waals surface area contributed by atoms with E-state index in [9.17, 15) is 4.79 Å². The van der Waals surface area contributed by atoms with Gasteiger partial charge in [-0.1, -0.05) is 53.6 Å². The number of nitrogens with one attached hydrogen (secondary N) is 1. The largest absolute Gasteiger partial charge is 0.360 e. The molecular formula is C16H14ClNO. The van der Waals surface area contributed by atoms with Gasteiger partial charge in [-0.15, -0.1) is 0 Å². The van der Waals surface area contributed by atoms with E-state index >= 15 is 0 Å². The van der Waals surface area contributed by atoms with Crippen molar-refractivity contribution < 1.29 is 4.79 Å². The molecule has 0 aliphatic carbocycles. The number of hydrogen-bond acceptors (Lipinski definition) is 2. The Morgan fingerprint density at radius 1 is 1.11 bits per heavy atom. The fourth-order valence-electron chi connectivity index (χ4n) is 1.60. The maximum Gasteiger partial charge on any atom is 0.187 e. The number of allylic oxidation sites excluding steroid dienone is 1. The Morgan fingerprint density at radius 2 is 1.79 bits per heavy atom. The number of benzene rings is 2. The third kappa shape index (κ3) is 3.70. The molecule has 0 saturated heterocycles. The molecule has 0 aliphatic heterocycles. The second kappa shape index (κ2) is 6.21. The first-order chi connectivity index (χ1) is 9.16. The zero-order chi connectivity index (χ0) is 13.7. The highest BCUT2D eigenvalue weighted by molar-refractivity contribution is 6.33. The van der Waals surface area contributed by atoms with Crippen molar-refractivity contribution in [3.8, 4) is 0 Å². The molecule has 0 unspecified atom stereocenters. The summed E-state index contributed by atoms with van der Waals surface area (Å²) in [5.41, 5.74) is 2.58. The molecule has 0 heterocycles. The van der Waals surface area contributed by atoms with Crippen LogP contribution in [0.1, 0.15) is 15.9 Å². The lowest BCUT2D eigenvalue weighted by molar-refractivity contribution is 0.104. The molecule has 2 aromatic carbocycles. The number of ketones is 1. The van der Waals surface area contributed by atoms with Crippen molar-refractivity contribution in [2.45, 2.75) is 6.92 Å². The van der Waals surface area contributed by atoms with E-state index < -0.39 is 0 Å². The van der Waals surface area contributed by atoms with Crippen LogP contribution in [0.5, 0.6) is 0 Å². The molecule has 3 heteroatoms. The standard InChI is InChI=1S/C16H14ClNO/c1-12-6-8-13(9-7-12)16(19)10-11-18-15-5-3-2-4-14(15)17/h2-11,18H,1H3/b11-10+. The molecule has 2 aromatic rings. The van der Waals surface area contributed by atoms with Crippen molar-refractivity contribution >= 4 is 23.1 Å². The summed E-state index contributed by atoms with van der Waals surface area (Å²) in [5, 5.41) is 3.61. The Kier molecular flexibility index (Phi) is 4.37. The molecule has 19 heavy (non-hydrogen) atoms. The van der Waals surface area contributed by atoms with Crippen LogP contribution >= 0.6 is 11.6 Å². The number of rotatable bonds is 4. The van der Waals surface area contributed by atoms with Gasteiger partial charge in [-0.25, -0.2) is 0 Å². The zero-order valence-corrected chi connectivity index (χ0v) is 11.3. The molecule has 2 rings (SSSR count). The van der Waals surface area contributed by atoms with Gasteiger partial charge < -0.3 is 5.32 Å². The molecule has 0 radical (unpaired) electrons. The van der Waals surface area contributed by atoms with Gasteiger partial charge in [-0.05, 0) is 19.1 Å². The summed E-state index contributed by atoms with van der Waals surface area (Å²) in [5.74, 6) is -0.0421. The lowest BCUT2D eigenvalue weighted by Crippen LogP contribution is -1.96. The summed E-state index contributed by atoms with van der Waals surface area (Å²) in [6, 6.07) is 14.8. The molecule has 1 N–H and O–H groups in total. The first-order valence-electron chi connectivity index (χ1n) is 5.95. The molecule has 0 saturated carbocycles. The predicted octanol–water partition coefficient (Wildman–Crippen LogP) is 4.46. The minimum Gasteiger partial charge on any atom is -0.360 e. The Bertz CT molecular complexity index is 602. The smallest absolute Gasteiger partial charge is 0.187 e. The van der Waals surface area contributed by atoms with Gasteiger partial charge in [0.05, 0.1) is 10.7 Å². The molecule has 0 aromatic heterocycles. The summed E-state index contributed by atoms with van der Waals surface area (Å²) in [4.78, 5) is 11.9. The van der Waals surface area contributed by atoms with E-state index in [2.05, 4.69) is 5.32 Å². The van der Waals surface area contributed by atoms with Gasteiger partial charge in [0.2, 0.25) is 0 Å². The van der Waals surface area contributed by atoms with E-state index in [1.165, 1.54) is 6.08 Å². The number of carbonyl (C=O) groups excluding carboxylic acids is 1. The highest BCUT2D eigenvalue weighted by Crippen LogP contribution is 2.20. The number of anilines is 1. The first kappa shape index (κ1) is 13.4. The normalized spacial score (nSPS) is 10.6. The Morgan fingerprint density at radius 3 is 2.47 bits per heavy atom. The van der Waals surface area contributed by atoms with E-state index in [1.54, 1.807) is 12.3 Å². The van der Waals surface area contributed by atoms with Crippen molar-refractivity contribution in [3.05, 3.63) is 77.0 Å². The molecule has 0 fully saturated rings. The van der Waals surface area contributed by atoms with E-state index in [4.69, 9.17) is 11.6 Å². The van der Waals surface area contributed by atoms with Crippen molar-refractivity contribution in [2.75, 3.05) is 5.32 Å². The van der Waals surface area contributed by atoms with Crippen LogP contribution in [0, 0.1) is 6.92 Å². The second-order valence-electron chi connectivity index (χ2n) is 4.19. The average Bonchev–Trinajstić information content (AvgIpc) is 2.41. The molecule has 0 aliphatic rings. The number of carbonyl (C=O) groups is 1. The lowest BCUT2D eigenvalue weighted by atomic mass is 10.1. The van der Waals surface area contributed by atoms with Crippen molar-refractivity contribution in [1.29, 1.82) is 0 Å². The van der Waals surface area contributed by atoms with Crippen LogP contribution in [0.25, 0.3) is 0 Å². The Balaban J connectivity index is 2.01. The number of para-hydroxylation sites is 1. The van der Waals surface area contributed by atoms with Crippen molar-refractivity contribution in [2.24, 2.45) is 0 Å². The van der Waals surface area contributed by atoms with Crippen LogP contribution in [-0.2, 0) is 0 Å². The Labute approximate surface area is 117 Å². The zero-order valence-electron chi connectivity index (χ0n) is 10.6. The summed E-state index contributed by atoms with van der Waals surface area (Å²) < 4.78 is 0. The molecule has 2 nitrogen and oxygen atoms in total. The fraction of sp³-hybridized carbons (Fsp3) is 0.0625. The highest BCUT2D eigenvalue weighted by Gasteiger charge is 2.00. The highest BCUT2D eigenvalue weighted by atomic mass is 35.5. The van der Waals surface area contributed by atoms with Crippen LogP contribution in [0.3, 0.4) is 0 Å². The van der Waals surface area contributed by atoms with Gasteiger partial charge in [-0.2, -0.15) is 0 Å². The quantitative estimate of drug-likeness (QED) is 0.657. The fourth-order valence-corrected chi connectivity index (χ4v) is 1.79. The monoisotopic (exact) mass is 271 g/mol. The molecule has 96 valence electrons. The summed E-state index contributed by atoms with van der Waals surface area (Å²) >= 11 is 5.99. The van der Waals surface area contributed by atoms with Gasteiger partial charge in [0.25, 0.3) is 0 Å². The molecule has 0 bridgehead atoms. The predicted molar refractivity (Wildman–Crippen MR) is 79.7 cm³/mol. The Hall–Kier alpha value is -2.06. The number of hydrogen-bond donors (Lipinski definition) is 1. The van der Waals surface area contributed by atoms with E-state index in [1.807, 2.05) is 49.4 Å². The third-order valence-corrected chi connectivity index (χ3v) is 3.01. The average molecular weight is 272 g/mol. The topological polar surface area (TPSA) is 29.1 Å². The van der Waals surface area contributed by atoms with Gasteiger partial charge >= 0.3 is 0 Å². The minimum atomic E-state index is -0.0421.